The van der Waals surface area contributed by atoms with Crippen molar-refractivity contribution < 1.29 is 14.4 Å². The number of rotatable bonds is 7. The summed E-state index contributed by atoms with van der Waals surface area (Å²) in [5, 5.41) is 8.12. The van der Waals surface area contributed by atoms with Crippen molar-refractivity contribution in [1.29, 1.82) is 0 Å². The van der Waals surface area contributed by atoms with Crippen LogP contribution >= 0.6 is 0 Å². The molecule has 6 nitrogen and oxygen atoms in total. The van der Waals surface area contributed by atoms with Gasteiger partial charge in [0.15, 0.2) is 0 Å². The fourth-order valence-corrected chi connectivity index (χ4v) is 2.89. The summed E-state index contributed by atoms with van der Waals surface area (Å²) in [6, 6.07) is 23.6. The van der Waals surface area contributed by atoms with E-state index >= 15 is 0 Å². The molecule has 0 aliphatic rings. The highest BCUT2D eigenvalue weighted by molar-refractivity contribution is 6.07. The Morgan fingerprint density at radius 2 is 1.48 bits per heavy atom. The second-order valence-corrected chi connectivity index (χ2v) is 6.81. The Labute approximate surface area is 181 Å². The van der Waals surface area contributed by atoms with Crippen LogP contribution in [0.4, 0.5) is 11.4 Å². The number of anilines is 2. The maximum absolute atomic E-state index is 12.6. The Morgan fingerprint density at radius 1 is 0.806 bits per heavy atom. The van der Waals surface area contributed by atoms with Gasteiger partial charge in [0.25, 0.3) is 5.91 Å². The monoisotopic (exact) mass is 413 g/mol. The molecule has 3 amide bonds. The lowest BCUT2D eigenvalue weighted by atomic mass is 10.1. The first-order chi connectivity index (χ1) is 15.0. The fraction of sp³-hybridized carbons (Fsp3) is 0.0800. The predicted molar refractivity (Wildman–Crippen MR) is 123 cm³/mol. The molecule has 0 aliphatic carbocycles. The van der Waals surface area contributed by atoms with Crippen LogP contribution in [-0.2, 0) is 9.59 Å². The lowest BCUT2D eigenvalue weighted by Crippen LogP contribution is -2.32. The van der Waals surface area contributed by atoms with Crippen LogP contribution in [0.1, 0.15) is 21.5 Å². The van der Waals surface area contributed by atoms with Crippen molar-refractivity contribution in [1.82, 2.24) is 5.32 Å². The van der Waals surface area contributed by atoms with Crippen molar-refractivity contribution in [2.24, 2.45) is 0 Å². The Hall–Kier alpha value is -4.19. The molecular formula is C25H23N3O3. The van der Waals surface area contributed by atoms with Crippen LogP contribution in [0, 0.1) is 6.92 Å². The molecule has 6 heteroatoms. The maximum Gasteiger partial charge on any atom is 0.256 e. The predicted octanol–water partition coefficient (Wildman–Crippen LogP) is 4.02. The zero-order valence-corrected chi connectivity index (χ0v) is 17.1. The highest BCUT2D eigenvalue weighted by atomic mass is 16.2. The van der Waals surface area contributed by atoms with Gasteiger partial charge in [-0.3, -0.25) is 14.4 Å². The Morgan fingerprint density at radius 3 is 2.19 bits per heavy atom. The van der Waals surface area contributed by atoms with Crippen molar-refractivity contribution in [3.8, 4) is 0 Å². The molecule has 3 aromatic carbocycles. The van der Waals surface area contributed by atoms with E-state index in [0.29, 0.717) is 22.5 Å². The molecule has 0 heterocycles. The molecule has 156 valence electrons. The second kappa shape index (κ2) is 10.5. The van der Waals surface area contributed by atoms with Crippen LogP contribution < -0.4 is 16.0 Å². The summed E-state index contributed by atoms with van der Waals surface area (Å²) in [6.07, 6.45) is 3.05. The minimum Gasteiger partial charge on any atom is -0.343 e. The van der Waals surface area contributed by atoms with Gasteiger partial charge in [0, 0.05) is 23.0 Å². The summed E-state index contributed by atoms with van der Waals surface area (Å²) >= 11 is 0. The Bertz CT molecular complexity index is 1090. The number of benzene rings is 3. The van der Waals surface area contributed by atoms with E-state index in [-0.39, 0.29) is 24.3 Å². The Kier molecular flexibility index (Phi) is 7.32. The highest BCUT2D eigenvalue weighted by Gasteiger charge is 2.13. The van der Waals surface area contributed by atoms with Gasteiger partial charge in [-0.1, -0.05) is 54.6 Å². The summed E-state index contributed by atoms with van der Waals surface area (Å²) in [6.45, 7) is 1.58. The van der Waals surface area contributed by atoms with Crippen LogP contribution in [0.2, 0.25) is 0 Å². The van der Waals surface area contributed by atoms with Gasteiger partial charge >= 0.3 is 0 Å². The topological polar surface area (TPSA) is 87.3 Å². The molecule has 0 aliphatic heterocycles. The number of amides is 3. The smallest absolute Gasteiger partial charge is 0.256 e. The molecule has 0 radical (unpaired) electrons. The highest BCUT2D eigenvalue weighted by Crippen LogP contribution is 2.20. The molecular weight excluding hydrogens is 390 g/mol. The lowest BCUT2D eigenvalue weighted by Gasteiger charge is -2.13. The Balaban J connectivity index is 1.56. The zero-order valence-electron chi connectivity index (χ0n) is 17.1. The van der Waals surface area contributed by atoms with E-state index in [1.807, 2.05) is 48.5 Å². The molecule has 3 aromatic rings. The first-order valence-electron chi connectivity index (χ1n) is 9.80. The molecule has 0 atom stereocenters. The van der Waals surface area contributed by atoms with Gasteiger partial charge in [-0.05, 0) is 48.4 Å². The van der Waals surface area contributed by atoms with Crippen molar-refractivity contribution in [3.63, 3.8) is 0 Å². The van der Waals surface area contributed by atoms with Gasteiger partial charge < -0.3 is 16.0 Å². The van der Waals surface area contributed by atoms with E-state index in [0.717, 1.165) is 5.56 Å². The van der Waals surface area contributed by atoms with Crippen molar-refractivity contribution in [3.05, 3.63) is 102 Å². The van der Waals surface area contributed by atoms with Gasteiger partial charge in [-0.15, -0.1) is 0 Å². The standard InChI is InChI=1S/C25H23N3O3/c1-18-21(25(31)27-20-11-6-3-7-12-20)13-8-14-22(18)28-24(30)17-26-23(29)16-15-19-9-4-2-5-10-19/h2-16H,17H2,1H3,(H,26,29)(H,27,31)(H,28,30)/b16-15+. The normalized spacial score (nSPS) is 10.5. The third kappa shape index (κ3) is 6.40. The maximum atomic E-state index is 12.6. The molecule has 0 aromatic heterocycles. The number of carbonyl (C=O) groups is 3. The van der Waals surface area contributed by atoms with E-state index in [2.05, 4.69) is 16.0 Å². The molecule has 31 heavy (non-hydrogen) atoms. The summed E-state index contributed by atoms with van der Waals surface area (Å²) in [5.74, 6) is -1.02. The van der Waals surface area contributed by atoms with Crippen LogP contribution in [0.25, 0.3) is 6.08 Å². The van der Waals surface area contributed by atoms with E-state index in [1.54, 1.807) is 43.3 Å². The van der Waals surface area contributed by atoms with Crippen molar-refractivity contribution in [2.75, 3.05) is 17.2 Å². The average Bonchev–Trinajstić information content (AvgIpc) is 2.79. The van der Waals surface area contributed by atoms with Crippen LogP contribution in [0.3, 0.4) is 0 Å². The van der Waals surface area contributed by atoms with Crippen LogP contribution in [-0.4, -0.2) is 24.3 Å². The zero-order chi connectivity index (χ0) is 22.1. The minimum atomic E-state index is -0.384. The third-order valence-corrected chi connectivity index (χ3v) is 4.53. The molecule has 0 spiro atoms. The molecule has 0 bridgehead atoms. The van der Waals surface area contributed by atoms with Crippen LogP contribution in [0.5, 0.6) is 0 Å². The first kappa shape index (κ1) is 21.5. The number of carbonyl (C=O) groups excluding carboxylic acids is 3. The van der Waals surface area contributed by atoms with Gasteiger partial charge in [-0.25, -0.2) is 0 Å². The number of nitrogens with one attached hydrogen (secondary N) is 3. The number of hydrogen-bond donors (Lipinski definition) is 3. The number of hydrogen-bond acceptors (Lipinski definition) is 3. The number of para-hydroxylation sites is 1. The summed E-state index contributed by atoms with van der Waals surface area (Å²) < 4.78 is 0. The van der Waals surface area contributed by atoms with Crippen molar-refractivity contribution >= 4 is 35.2 Å². The van der Waals surface area contributed by atoms with E-state index in [4.69, 9.17) is 0 Å². The van der Waals surface area contributed by atoms with E-state index < -0.39 is 0 Å². The quantitative estimate of drug-likeness (QED) is 0.512. The average molecular weight is 413 g/mol. The van der Waals surface area contributed by atoms with Gasteiger partial charge in [0.05, 0.1) is 6.54 Å². The van der Waals surface area contributed by atoms with Crippen molar-refractivity contribution in [2.45, 2.75) is 6.92 Å². The molecule has 0 fully saturated rings. The van der Waals surface area contributed by atoms with Crippen LogP contribution in [0.15, 0.2) is 84.9 Å². The first-order valence-corrected chi connectivity index (χ1v) is 9.80. The molecule has 3 rings (SSSR count). The fourth-order valence-electron chi connectivity index (χ4n) is 2.89. The summed E-state index contributed by atoms with van der Waals surface area (Å²) in [7, 11) is 0. The molecule has 0 unspecified atom stereocenters. The summed E-state index contributed by atoms with van der Waals surface area (Å²) in [4.78, 5) is 36.8. The van der Waals surface area contributed by atoms with E-state index in [9.17, 15) is 14.4 Å². The van der Waals surface area contributed by atoms with E-state index in [1.165, 1.54) is 6.08 Å². The second-order valence-electron chi connectivity index (χ2n) is 6.81. The third-order valence-electron chi connectivity index (χ3n) is 4.53. The largest absolute Gasteiger partial charge is 0.343 e. The molecule has 0 saturated heterocycles. The minimum absolute atomic E-state index is 0.183. The molecule has 3 N–H and O–H groups in total. The summed E-state index contributed by atoms with van der Waals surface area (Å²) in [5.41, 5.74) is 3.19. The molecule has 0 saturated carbocycles. The lowest BCUT2D eigenvalue weighted by molar-refractivity contribution is -0.121. The van der Waals surface area contributed by atoms with Gasteiger partial charge in [0.2, 0.25) is 11.8 Å². The van der Waals surface area contributed by atoms with Gasteiger partial charge in [-0.2, -0.15) is 0 Å². The SMILES string of the molecule is Cc1c(NC(=O)CNC(=O)/C=C/c2ccccc2)cccc1C(=O)Nc1ccccc1. The van der Waals surface area contributed by atoms with Gasteiger partial charge in [0.1, 0.15) is 0 Å².